The minimum atomic E-state index is -0.705. The number of nitrogens with zero attached hydrogens (tertiary/aromatic N) is 5. The SMILES string of the molecule is Cn1ncc(N)c1N1CCCC(CN(C(=O)OC(C)(C)C)N(CC2CCCNC2)C(=O)OC(C)(C)C)C1. The lowest BCUT2D eigenvalue weighted by atomic mass is 9.97. The molecule has 210 valence electrons. The van der Waals surface area contributed by atoms with Crippen molar-refractivity contribution in [1.29, 1.82) is 0 Å². The Balaban J connectivity index is 1.87. The van der Waals surface area contributed by atoms with Gasteiger partial charge in [-0.1, -0.05) is 0 Å². The number of carbonyl (C=O) groups excluding carboxylic acids is 2. The second-order valence-electron chi connectivity index (χ2n) is 12.3. The fourth-order valence-electron chi connectivity index (χ4n) is 4.98. The van der Waals surface area contributed by atoms with E-state index in [-0.39, 0.29) is 11.8 Å². The molecule has 0 radical (unpaired) electrons. The van der Waals surface area contributed by atoms with E-state index in [1.54, 1.807) is 10.9 Å². The van der Waals surface area contributed by atoms with Gasteiger partial charge >= 0.3 is 12.2 Å². The van der Waals surface area contributed by atoms with Gasteiger partial charge in [-0.15, -0.1) is 0 Å². The van der Waals surface area contributed by atoms with Crippen molar-refractivity contribution in [3.63, 3.8) is 0 Å². The molecule has 11 nitrogen and oxygen atoms in total. The lowest BCUT2D eigenvalue weighted by Gasteiger charge is -2.42. The van der Waals surface area contributed by atoms with E-state index in [4.69, 9.17) is 15.2 Å². The highest BCUT2D eigenvalue weighted by atomic mass is 16.6. The third kappa shape index (κ3) is 8.41. The molecule has 0 aliphatic carbocycles. The molecule has 11 heteroatoms. The fourth-order valence-corrected chi connectivity index (χ4v) is 4.98. The summed E-state index contributed by atoms with van der Waals surface area (Å²) in [6, 6.07) is 0. The van der Waals surface area contributed by atoms with Gasteiger partial charge in [0.25, 0.3) is 0 Å². The number of hydrogen-bond acceptors (Lipinski definition) is 8. The number of amides is 2. The number of aromatic nitrogens is 2. The molecule has 0 aromatic carbocycles. The van der Waals surface area contributed by atoms with Crippen molar-refractivity contribution in [1.82, 2.24) is 25.1 Å². The van der Waals surface area contributed by atoms with Crippen molar-refractivity contribution in [2.45, 2.75) is 78.4 Å². The first-order chi connectivity index (χ1) is 17.2. The predicted octanol–water partition coefficient (Wildman–Crippen LogP) is 3.61. The molecule has 2 unspecified atom stereocenters. The van der Waals surface area contributed by atoms with E-state index in [0.29, 0.717) is 25.3 Å². The second kappa shape index (κ2) is 11.8. The Labute approximate surface area is 221 Å². The zero-order chi connectivity index (χ0) is 27.4. The van der Waals surface area contributed by atoms with Crippen LogP contribution in [0.5, 0.6) is 0 Å². The first-order valence-corrected chi connectivity index (χ1v) is 13.5. The molecular weight excluding hydrogens is 474 g/mol. The van der Waals surface area contributed by atoms with Gasteiger partial charge in [-0.2, -0.15) is 5.10 Å². The maximum atomic E-state index is 13.6. The molecule has 1 aromatic heterocycles. The van der Waals surface area contributed by atoms with Gasteiger partial charge in [0.1, 0.15) is 17.0 Å². The molecule has 0 bridgehead atoms. The van der Waals surface area contributed by atoms with E-state index in [1.165, 1.54) is 10.0 Å². The van der Waals surface area contributed by atoms with Gasteiger partial charge in [0.15, 0.2) is 0 Å². The second-order valence-corrected chi connectivity index (χ2v) is 12.3. The number of carbonyl (C=O) groups is 2. The molecule has 2 aliphatic heterocycles. The van der Waals surface area contributed by atoms with Crippen molar-refractivity contribution in [2.75, 3.05) is 49.9 Å². The van der Waals surface area contributed by atoms with Gasteiger partial charge in [-0.25, -0.2) is 19.6 Å². The van der Waals surface area contributed by atoms with Gasteiger partial charge in [-0.05, 0) is 92.2 Å². The summed E-state index contributed by atoms with van der Waals surface area (Å²) >= 11 is 0. The average molecular weight is 522 g/mol. The smallest absolute Gasteiger partial charge is 0.429 e. The Morgan fingerprint density at radius 2 is 1.59 bits per heavy atom. The number of piperidine rings is 2. The molecule has 0 saturated carbocycles. The molecule has 2 atom stereocenters. The van der Waals surface area contributed by atoms with Crippen LogP contribution in [0.25, 0.3) is 0 Å². The van der Waals surface area contributed by atoms with Crippen LogP contribution >= 0.6 is 0 Å². The van der Waals surface area contributed by atoms with Crippen molar-refractivity contribution < 1.29 is 19.1 Å². The molecule has 1 aromatic rings. The van der Waals surface area contributed by atoms with E-state index in [1.807, 2.05) is 48.6 Å². The Morgan fingerprint density at radius 1 is 1.03 bits per heavy atom. The number of anilines is 2. The minimum absolute atomic E-state index is 0.102. The summed E-state index contributed by atoms with van der Waals surface area (Å²) < 4.78 is 13.4. The summed E-state index contributed by atoms with van der Waals surface area (Å²) in [6.07, 6.45) is 4.45. The summed E-state index contributed by atoms with van der Waals surface area (Å²) in [6.45, 7) is 15.0. The number of nitrogen functional groups attached to an aromatic ring is 1. The molecular formula is C26H47N7O4. The Morgan fingerprint density at radius 3 is 2.08 bits per heavy atom. The van der Waals surface area contributed by atoms with Crippen molar-refractivity contribution in [3.8, 4) is 0 Å². The molecule has 37 heavy (non-hydrogen) atoms. The summed E-state index contributed by atoms with van der Waals surface area (Å²) in [5.74, 6) is 1.19. The number of ether oxygens (including phenoxy) is 2. The number of aryl methyl sites for hydroxylation is 1. The van der Waals surface area contributed by atoms with E-state index in [0.717, 1.165) is 51.1 Å². The largest absolute Gasteiger partial charge is 0.442 e. The number of nitrogens with two attached hydrogens (primary N) is 1. The summed E-state index contributed by atoms with van der Waals surface area (Å²) in [7, 11) is 1.88. The monoisotopic (exact) mass is 521 g/mol. The molecule has 0 spiro atoms. The molecule has 3 heterocycles. The third-order valence-corrected chi connectivity index (χ3v) is 6.51. The summed E-state index contributed by atoms with van der Waals surface area (Å²) in [5.41, 5.74) is 5.43. The Bertz CT molecular complexity index is 896. The lowest BCUT2D eigenvalue weighted by Crippen LogP contribution is -2.57. The molecule has 2 aliphatic rings. The van der Waals surface area contributed by atoms with Crippen molar-refractivity contribution in [2.24, 2.45) is 18.9 Å². The Hall–Kier alpha value is -2.69. The molecule has 2 saturated heterocycles. The van der Waals surface area contributed by atoms with Crippen LogP contribution in [-0.2, 0) is 16.5 Å². The maximum absolute atomic E-state index is 13.6. The summed E-state index contributed by atoms with van der Waals surface area (Å²) in [4.78, 5) is 29.3. The van der Waals surface area contributed by atoms with E-state index < -0.39 is 23.4 Å². The van der Waals surface area contributed by atoms with Crippen LogP contribution in [0.3, 0.4) is 0 Å². The highest BCUT2D eigenvalue weighted by molar-refractivity contribution is 5.74. The fraction of sp³-hybridized carbons (Fsp3) is 0.808. The normalized spacial score (nSPS) is 20.9. The first-order valence-electron chi connectivity index (χ1n) is 13.5. The van der Waals surface area contributed by atoms with Gasteiger partial charge in [0.05, 0.1) is 25.0 Å². The molecule has 2 fully saturated rings. The number of nitrogens with one attached hydrogen (secondary N) is 1. The number of rotatable bonds is 5. The van der Waals surface area contributed by atoms with Crippen molar-refractivity contribution >= 4 is 23.7 Å². The van der Waals surface area contributed by atoms with Crippen LogP contribution in [0.1, 0.15) is 67.2 Å². The van der Waals surface area contributed by atoms with Crippen LogP contribution in [-0.4, -0.2) is 82.5 Å². The van der Waals surface area contributed by atoms with Crippen LogP contribution in [0.4, 0.5) is 21.1 Å². The predicted molar refractivity (Wildman–Crippen MR) is 144 cm³/mol. The topological polar surface area (TPSA) is 118 Å². The zero-order valence-corrected chi connectivity index (χ0v) is 23.7. The summed E-state index contributed by atoms with van der Waals surface area (Å²) in [5, 5.41) is 10.7. The van der Waals surface area contributed by atoms with Gasteiger partial charge in [-0.3, -0.25) is 4.68 Å². The van der Waals surface area contributed by atoms with E-state index >= 15 is 0 Å². The molecule has 3 rings (SSSR count). The van der Waals surface area contributed by atoms with E-state index in [2.05, 4.69) is 15.3 Å². The van der Waals surface area contributed by atoms with Crippen LogP contribution < -0.4 is 16.0 Å². The third-order valence-electron chi connectivity index (χ3n) is 6.51. The quantitative estimate of drug-likeness (QED) is 0.564. The number of hydrazine groups is 1. The molecule has 3 N–H and O–H groups in total. The first kappa shape index (κ1) is 28.9. The van der Waals surface area contributed by atoms with Crippen LogP contribution in [0.15, 0.2) is 6.20 Å². The van der Waals surface area contributed by atoms with Crippen LogP contribution in [0.2, 0.25) is 0 Å². The zero-order valence-electron chi connectivity index (χ0n) is 23.7. The van der Waals surface area contributed by atoms with Crippen molar-refractivity contribution in [3.05, 3.63) is 6.20 Å². The van der Waals surface area contributed by atoms with Gasteiger partial charge in [0, 0.05) is 20.1 Å². The lowest BCUT2D eigenvalue weighted by molar-refractivity contribution is -0.0737. The highest BCUT2D eigenvalue weighted by Gasteiger charge is 2.37. The highest BCUT2D eigenvalue weighted by Crippen LogP contribution is 2.29. The van der Waals surface area contributed by atoms with Gasteiger partial charge in [0.2, 0.25) is 0 Å². The molecule has 2 amide bonds. The number of hydrogen-bond donors (Lipinski definition) is 2. The van der Waals surface area contributed by atoms with E-state index in [9.17, 15) is 9.59 Å². The maximum Gasteiger partial charge on any atom is 0.429 e. The Kier molecular flexibility index (Phi) is 9.20. The average Bonchev–Trinajstić information content (AvgIpc) is 3.12. The standard InChI is InChI=1S/C26H47N7O4/c1-25(2,3)36-23(34)32(17-19-10-8-12-28-14-19)33(24(35)37-26(4,5)6)18-20-11-9-13-31(16-20)22-21(27)15-29-30(22)7/h15,19-20,28H,8-14,16-18,27H2,1-7H3. The van der Waals surface area contributed by atoms with Gasteiger partial charge < -0.3 is 25.4 Å². The minimum Gasteiger partial charge on any atom is -0.442 e. The van der Waals surface area contributed by atoms with Crippen LogP contribution in [0, 0.1) is 11.8 Å².